The molecule has 0 radical (unpaired) electrons. The van der Waals surface area contributed by atoms with Crippen LogP contribution in [0.5, 0.6) is 0 Å². The maximum Gasteiger partial charge on any atom is 0.313 e. The number of allylic oxidation sites excluding steroid dienone is 1. The molecule has 1 N–H and O–H groups in total. The molecule has 100 valence electrons. The lowest BCUT2D eigenvalue weighted by Crippen LogP contribution is -2.03. The topological polar surface area (TPSA) is 55.1 Å². The molecule has 5 heteroatoms. The Kier molecular flexibility index (Phi) is 3.95. The first kappa shape index (κ1) is 13.7. The van der Waals surface area contributed by atoms with Crippen LogP contribution in [-0.4, -0.2) is 26.4 Å². The number of aryl methyl sites for hydroxylation is 1. The van der Waals surface area contributed by atoms with Gasteiger partial charge in [0.2, 0.25) is 0 Å². The molecule has 0 aliphatic carbocycles. The molecule has 0 aliphatic rings. The molecule has 1 aromatic heterocycles. The van der Waals surface area contributed by atoms with Gasteiger partial charge in [0.1, 0.15) is 0 Å². The van der Waals surface area contributed by atoms with E-state index >= 15 is 0 Å². The van der Waals surface area contributed by atoms with Gasteiger partial charge in [-0.2, -0.15) is 0 Å². The fourth-order valence-electron chi connectivity index (χ4n) is 1.92. The summed E-state index contributed by atoms with van der Waals surface area (Å²) >= 11 is 1.24. The van der Waals surface area contributed by atoms with Gasteiger partial charge in [0.05, 0.1) is 16.8 Å². The van der Waals surface area contributed by atoms with Crippen molar-refractivity contribution in [2.75, 3.05) is 5.75 Å². The van der Waals surface area contributed by atoms with E-state index in [0.717, 1.165) is 27.3 Å². The van der Waals surface area contributed by atoms with Crippen molar-refractivity contribution in [2.45, 2.75) is 25.5 Å². The van der Waals surface area contributed by atoms with Crippen LogP contribution in [0.4, 0.5) is 0 Å². The van der Waals surface area contributed by atoms with Crippen LogP contribution >= 0.6 is 11.8 Å². The van der Waals surface area contributed by atoms with E-state index in [9.17, 15) is 4.79 Å². The Hall–Kier alpha value is -1.75. The van der Waals surface area contributed by atoms with Gasteiger partial charge in [0, 0.05) is 6.54 Å². The molecular weight excluding hydrogens is 260 g/mol. The van der Waals surface area contributed by atoms with Gasteiger partial charge in [-0.15, -0.1) is 0 Å². The van der Waals surface area contributed by atoms with Gasteiger partial charge in [0.25, 0.3) is 0 Å². The Morgan fingerprint density at radius 1 is 1.53 bits per heavy atom. The van der Waals surface area contributed by atoms with Gasteiger partial charge in [0.15, 0.2) is 5.16 Å². The van der Waals surface area contributed by atoms with E-state index in [-0.39, 0.29) is 5.75 Å². The highest BCUT2D eigenvalue weighted by molar-refractivity contribution is 7.99. The van der Waals surface area contributed by atoms with Crippen LogP contribution in [0.2, 0.25) is 0 Å². The van der Waals surface area contributed by atoms with E-state index in [2.05, 4.69) is 11.6 Å². The van der Waals surface area contributed by atoms with Crippen LogP contribution < -0.4 is 0 Å². The number of aliphatic carboxylic acids is 1. The molecule has 2 aromatic rings. The summed E-state index contributed by atoms with van der Waals surface area (Å²) < 4.78 is 2.03. The van der Waals surface area contributed by atoms with Crippen molar-refractivity contribution in [1.29, 1.82) is 0 Å². The van der Waals surface area contributed by atoms with Gasteiger partial charge < -0.3 is 9.67 Å². The van der Waals surface area contributed by atoms with Gasteiger partial charge in [-0.25, -0.2) is 4.98 Å². The Morgan fingerprint density at radius 3 is 2.89 bits per heavy atom. The summed E-state index contributed by atoms with van der Waals surface area (Å²) in [5.41, 5.74) is 4.06. The fraction of sp³-hybridized carbons (Fsp3) is 0.286. The van der Waals surface area contributed by atoms with Crippen molar-refractivity contribution in [2.24, 2.45) is 0 Å². The molecule has 0 fully saturated rings. The molecule has 4 nitrogen and oxygen atoms in total. The number of thioether (sulfide) groups is 1. The first-order chi connectivity index (χ1) is 8.99. The summed E-state index contributed by atoms with van der Waals surface area (Å²) in [4.78, 5) is 15.3. The molecule has 1 heterocycles. The highest BCUT2D eigenvalue weighted by atomic mass is 32.2. The number of rotatable bonds is 5. The molecule has 0 saturated heterocycles. The van der Waals surface area contributed by atoms with Crippen LogP contribution in [0.1, 0.15) is 12.5 Å². The van der Waals surface area contributed by atoms with Crippen LogP contribution in [0.25, 0.3) is 11.0 Å². The highest BCUT2D eigenvalue weighted by Gasteiger charge is 2.13. The van der Waals surface area contributed by atoms with Crippen LogP contribution in [0.3, 0.4) is 0 Å². The molecule has 0 atom stereocenters. The van der Waals surface area contributed by atoms with Crippen molar-refractivity contribution in [3.05, 3.63) is 35.9 Å². The molecule has 19 heavy (non-hydrogen) atoms. The van der Waals surface area contributed by atoms with Gasteiger partial charge in [-0.1, -0.05) is 36.0 Å². The summed E-state index contributed by atoms with van der Waals surface area (Å²) in [5.74, 6) is -0.825. The minimum Gasteiger partial charge on any atom is -0.481 e. The predicted molar refractivity (Wildman–Crippen MR) is 77.6 cm³/mol. The normalized spacial score (nSPS) is 10.8. The van der Waals surface area contributed by atoms with E-state index in [1.807, 2.05) is 36.6 Å². The maximum atomic E-state index is 10.7. The number of carboxylic acid groups (broad SMARTS) is 1. The number of nitrogens with zero attached hydrogens (tertiary/aromatic N) is 2. The van der Waals surface area contributed by atoms with Crippen LogP contribution in [0.15, 0.2) is 35.5 Å². The van der Waals surface area contributed by atoms with Gasteiger partial charge >= 0.3 is 5.97 Å². The molecule has 0 unspecified atom stereocenters. The molecule has 0 spiro atoms. The standard InChI is InChI=1S/C14H16N2O2S/c1-9(2)7-16-11-6-4-5-10(3)13(11)15-14(16)19-8-12(17)18/h4-6H,1,7-8H2,2-3H3,(H,17,18). The molecular formula is C14H16N2O2S. The molecule has 2 rings (SSSR count). The van der Waals surface area contributed by atoms with E-state index in [0.29, 0.717) is 6.54 Å². The summed E-state index contributed by atoms with van der Waals surface area (Å²) in [6.45, 7) is 8.53. The van der Waals surface area contributed by atoms with Crippen molar-refractivity contribution >= 4 is 28.8 Å². The SMILES string of the molecule is C=C(C)Cn1c(SCC(=O)O)nc2c(C)cccc21. The molecule has 0 amide bonds. The number of benzene rings is 1. The summed E-state index contributed by atoms with van der Waals surface area (Å²) in [7, 11) is 0. The quantitative estimate of drug-likeness (QED) is 0.673. The van der Waals surface area contributed by atoms with Gasteiger partial charge in [-0.3, -0.25) is 4.79 Å². The number of hydrogen-bond donors (Lipinski definition) is 1. The van der Waals surface area contributed by atoms with Gasteiger partial charge in [-0.05, 0) is 25.5 Å². The summed E-state index contributed by atoms with van der Waals surface area (Å²) in [6, 6.07) is 6.00. The van der Waals surface area contributed by atoms with Crippen molar-refractivity contribution in [1.82, 2.24) is 9.55 Å². The third-order valence-electron chi connectivity index (χ3n) is 2.70. The third-order valence-corrected chi connectivity index (χ3v) is 3.66. The number of carbonyl (C=O) groups is 1. The van der Waals surface area contributed by atoms with E-state index in [1.165, 1.54) is 11.8 Å². The van der Waals surface area contributed by atoms with Crippen LogP contribution in [0, 0.1) is 6.92 Å². The molecule has 0 saturated carbocycles. The average Bonchev–Trinajstić information content (AvgIpc) is 2.66. The number of carboxylic acids is 1. The Morgan fingerprint density at radius 2 is 2.26 bits per heavy atom. The number of aromatic nitrogens is 2. The zero-order chi connectivity index (χ0) is 14.0. The monoisotopic (exact) mass is 276 g/mol. The Labute approximate surface area is 116 Å². The molecule has 0 bridgehead atoms. The van der Waals surface area contributed by atoms with E-state index < -0.39 is 5.97 Å². The Bertz CT molecular complexity index is 646. The average molecular weight is 276 g/mol. The van der Waals surface area contributed by atoms with Crippen molar-refractivity contribution < 1.29 is 9.90 Å². The number of para-hydroxylation sites is 1. The Balaban J connectivity index is 2.50. The third kappa shape index (κ3) is 2.98. The number of hydrogen-bond acceptors (Lipinski definition) is 3. The number of fused-ring (bicyclic) bond motifs is 1. The second-order valence-electron chi connectivity index (χ2n) is 4.56. The smallest absolute Gasteiger partial charge is 0.313 e. The minimum atomic E-state index is -0.837. The van der Waals surface area contributed by atoms with Crippen LogP contribution in [-0.2, 0) is 11.3 Å². The largest absolute Gasteiger partial charge is 0.481 e. The lowest BCUT2D eigenvalue weighted by atomic mass is 10.2. The zero-order valence-electron chi connectivity index (χ0n) is 11.0. The second-order valence-corrected chi connectivity index (χ2v) is 5.51. The molecule has 1 aromatic carbocycles. The van der Waals surface area contributed by atoms with E-state index in [4.69, 9.17) is 5.11 Å². The minimum absolute atomic E-state index is 0.0125. The molecule has 0 aliphatic heterocycles. The zero-order valence-corrected chi connectivity index (χ0v) is 11.8. The predicted octanol–water partition coefficient (Wildman–Crippen LogP) is 3.10. The highest BCUT2D eigenvalue weighted by Crippen LogP contribution is 2.26. The first-order valence-corrected chi connectivity index (χ1v) is 6.92. The maximum absolute atomic E-state index is 10.7. The van der Waals surface area contributed by atoms with Crippen molar-refractivity contribution in [3.8, 4) is 0 Å². The van der Waals surface area contributed by atoms with E-state index in [1.54, 1.807) is 0 Å². The summed E-state index contributed by atoms with van der Waals surface area (Å²) in [6.07, 6.45) is 0. The fourth-order valence-corrected chi connectivity index (χ4v) is 2.65. The summed E-state index contributed by atoms with van der Waals surface area (Å²) in [5, 5.41) is 9.53. The first-order valence-electron chi connectivity index (χ1n) is 5.94. The van der Waals surface area contributed by atoms with Crippen molar-refractivity contribution in [3.63, 3.8) is 0 Å². The lowest BCUT2D eigenvalue weighted by molar-refractivity contribution is -0.133. The number of imidazole rings is 1. The second kappa shape index (κ2) is 5.48. The lowest BCUT2D eigenvalue weighted by Gasteiger charge is -2.07.